The van der Waals surface area contributed by atoms with Gasteiger partial charge in [-0.1, -0.05) is 30.3 Å². The van der Waals surface area contributed by atoms with Crippen molar-refractivity contribution in [3.63, 3.8) is 0 Å². The van der Waals surface area contributed by atoms with Crippen LogP contribution in [0.5, 0.6) is 5.75 Å². The Morgan fingerprint density at radius 2 is 2.21 bits per heavy atom. The Labute approximate surface area is 140 Å². The predicted molar refractivity (Wildman–Crippen MR) is 89.3 cm³/mol. The molecular weight excluding hydrogens is 310 g/mol. The van der Waals surface area contributed by atoms with Gasteiger partial charge in [0.1, 0.15) is 18.6 Å². The van der Waals surface area contributed by atoms with Crippen molar-refractivity contribution in [1.82, 2.24) is 4.98 Å². The second-order valence-electron chi connectivity index (χ2n) is 5.67. The van der Waals surface area contributed by atoms with Crippen LogP contribution < -0.4 is 9.64 Å². The van der Waals surface area contributed by atoms with Crippen LogP contribution in [-0.4, -0.2) is 35.7 Å². The van der Waals surface area contributed by atoms with Crippen molar-refractivity contribution in [3.05, 3.63) is 58.3 Å². The zero-order valence-electron chi connectivity index (χ0n) is 13.4. The molecule has 1 aliphatic heterocycles. The van der Waals surface area contributed by atoms with E-state index in [2.05, 4.69) is 4.98 Å². The van der Waals surface area contributed by atoms with Gasteiger partial charge < -0.3 is 14.4 Å². The van der Waals surface area contributed by atoms with E-state index >= 15 is 0 Å². The molecule has 0 saturated carbocycles. The highest BCUT2D eigenvalue weighted by atomic mass is 16.6. The third-order valence-electron chi connectivity index (χ3n) is 3.83. The van der Waals surface area contributed by atoms with Crippen molar-refractivity contribution in [2.45, 2.75) is 19.6 Å². The molecule has 1 aliphatic rings. The third-order valence-corrected chi connectivity index (χ3v) is 3.83. The number of morpholine rings is 1. The summed E-state index contributed by atoms with van der Waals surface area (Å²) in [5.74, 6) is 0.895. The van der Waals surface area contributed by atoms with Gasteiger partial charge >= 0.3 is 5.69 Å². The minimum atomic E-state index is -0.473. The molecule has 7 heteroatoms. The number of ether oxygens (including phenoxy) is 2. The van der Waals surface area contributed by atoms with Crippen molar-refractivity contribution in [1.29, 1.82) is 0 Å². The van der Waals surface area contributed by atoms with Gasteiger partial charge in [-0.3, -0.25) is 10.1 Å². The van der Waals surface area contributed by atoms with Crippen LogP contribution in [0.15, 0.2) is 42.6 Å². The third kappa shape index (κ3) is 3.80. The zero-order chi connectivity index (χ0) is 16.9. The van der Waals surface area contributed by atoms with E-state index in [4.69, 9.17) is 9.47 Å². The van der Waals surface area contributed by atoms with Crippen LogP contribution in [0, 0.1) is 10.1 Å². The molecule has 7 nitrogen and oxygen atoms in total. The lowest BCUT2D eigenvalue weighted by Gasteiger charge is -2.32. The van der Waals surface area contributed by atoms with Gasteiger partial charge in [-0.05, 0) is 12.5 Å². The van der Waals surface area contributed by atoms with Crippen molar-refractivity contribution in [2.75, 3.05) is 24.6 Å². The molecule has 1 atom stereocenters. The van der Waals surface area contributed by atoms with Crippen LogP contribution in [0.3, 0.4) is 0 Å². The van der Waals surface area contributed by atoms with Crippen LogP contribution in [0.1, 0.15) is 12.5 Å². The molecule has 1 aromatic heterocycles. The first kappa shape index (κ1) is 16.2. The minimum absolute atomic E-state index is 0.101. The number of hydrogen-bond donors (Lipinski definition) is 0. The SMILES string of the molecule is C[C@@H]1CN(c2cc(OCc3ccccc3)c([N+](=O)[O-])cn2)CCO1. The highest BCUT2D eigenvalue weighted by Gasteiger charge is 2.22. The first-order valence-electron chi connectivity index (χ1n) is 7.81. The summed E-state index contributed by atoms with van der Waals surface area (Å²) in [5.41, 5.74) is 0.821. The smallest absolute Gasteiger partial charge is 0.329 e. The quantitative estimate of drug-likeness (QED) is 0.620. The minimum Gasteiger partial charge on any atom is -0.482 e. The predicted octanol–water partition coefficient (Wildman–Crippen LogP) is 2.79. The maximum Gasteiger partial charge on any atom is 0.329 e. The molecule has 2 aromatic rings. The van der Waals surface area contributed by atoms with Crippen molar-refractivity contribution in [3.8, 4) is 5.75 Å². The van der Waals surface area contributed by atoms with Gasteiger partial charge in [-0.2, -0.15) is 0 Å². The summed E-state index contributed by atoms with van der Waals surface area (Å²) in [6, 6.07) is 11.2. The molecule has 126 valence electrons. The summed E-state index contributed by atoms with van der Waals surface area (Å²) in [5, 5.41) is 11.2. The van der Waals surface area contributed by atoms with Gasteiger partial charge in [0.15, 0.2) is 0 Å². The standard InChI is InChI=1S/C17H19N3O4/c1-13-11-19(7-8-23-13)17-9-16(15(10-18-17)20(21)22)24-12-14-5-3-2-4-6-14/h2-6,9-10,13H,7-8,11-12H2,1H3/t13-/m1/s1. The molecule has 0 amide bonds. The lowest BCUT2D eigenvalue weighted by atomic mass is 10.2. The summed E-state index contributed by atoms with van der Waals surface area (Å²) in [7, 11) is 0. The molecular formula is C17H19N3O4. The normalized spacial score (nSPS) is 17.5. The highest BCUT2D eigenvalue weighted by molar-refractivity contribution is 5.54. The fraction of sp³-hybridized carbons (Fsp3) is 0.353. The number of hydrogen-bond acceptors (Lipinski definition) is 6. The Hall–Kier alpha value is -2.67. The first-order chi connectivity index (χ1) is 11.6. The number of nitrogens with zero attached hydrogens (tertiary/aromatic N) is 3. The number of aromatic nitrogens is 1. The molecule has 0 N–H and O–H groups in total. The summed E-state index contributed by atoms with van der Waals surface area (Å²) in [6.45, 7) is 4.27. The van der Waals surface area contributed by atoms with E-state index in [-0.39, 0.29) is 24.1 Å². The number of pyridine rings is 1. The topological polar surface area (TPSA) is 77.7 Å². The summed E-state index contributed by atoms with van der Waals surface area (Å²) in [6.07, 6.45) is 1.36. The highest BCUT2D eigenvalue weighted by Crippen LogP contribution is 2.31. The molecule has 0 radical (unpaired) electrons. The molecule has 0 unspecified atom stereocenters. The Morgan fingerprint density at radius 3 is 2.92 bits per heavy atom. The van der Waals surface area contributed by atoms with Crippen LogP contribution in [0.2, 0.25) is 0 Å². The zero-order valence-corrected chi connectivity index (χ0v) is 13.4. The van der Waals surface area contributed by atoms with E-state index in [9.17, 15) is 10.1 Å². The molecule has 0 bridgehead atoms. The summed E-state index contributed by atoms with van der Waals surface area (Å²) in [4.78, 5) is 17.0. The average Bonchev–Trinajstić information content (AvgIpc) is 2.60. The van der Waals surface area contributed by atoms with Crippen LogP contribution in [0.25, 0.3) is 0 Å². The Kier molecular flexibility index (Phi) is 4.90. The largest absolute Gasteiger partial charge is 0.482 e. The van der Waals surface area contributed by atoms with Crippen molar-refractivity contribution >= 4 is 11.5 Å². The van der Waals surface area contributed by atoms with E-state index in [0.717, 1.165) is 5.56 Å². The molecule has 1 aromatic carbocycles. The Bertz CT molecular complexity index is 708. The van der Waals surface area contributed by atoms with Crippen molar-refractivity contribution < 1.29 is 14.4 Å². The van der Waals surface area contributed by atoms with Crippen LogP contribution in [-0.2, 0) is 11.3 Å². The van der Waals surface area contributed by atoms with Gasteiger partial charge in [-0.25, -0.2) is 4.98 Å². The van der Waals surface area contributed by atoms with E-state index in [1.165, 1.54) is 6.20 Å². The molecule has 1 saturated heterocycles. The van der Waals surface area contributed by atoms with E-state index in [0.29, 0.717) is 25.5 Å². The van der Waals surface area contributed by atoms with Crippen molar-refractivity contribution in [2.24, 2.45) is 0 Å². The number of nitro groups is 1. The maximum absolute atomic E-state index is 11.2. The first-order valence-corrected chi connectivity index (χ1v) is 7.81. The van der Waals surface area contributed by atoms with Gasteiger partial charge in [-0.15, -0.1) is 0 Å². The molecule has 2 heterocycles. The van der Waals surface area contributed by atoms with Gasteiger partial charge in [0.2, 0.25) is 5.75 Å². The molecule has 0 spiro atoms. The van der Waals surface area contributed by atoms with Crippen LogP contribution >= 0.6 is 0 Å². The second-order valence-corrected chi connectivity index (χ2v) is 5.67. The van der Waals surface area contributed by atoms with Crippen LogP contribution in [0.4, 0.5) is 11.5 Å². The maximum atomic E-state index is 11.2. The van der Waals surface area contributed by atoms with Gasteiger partial charge in [0.25, 0.3) is 0 Å². The number of benzene rings is 1. The van der Waals surface area contributed by atoms with E-state index in [1.54, 1.807) is 6.07 Å². The molecule has 0 aliphatic carbocycles. The lowest BCUT2D eigenvalue weighted by Crippen LogP contribution is -2.41. The second kappa shape index (κ2) is 7.27. The fourth-order valence-electron chi connectivity index (χ4n) is 2.61. The van der Waals surface area contributed by atoms with Gasteiger partial charge in [0.05, 0.1) is 17.6 Å². The van der Waals surface area contributed by atoms with E-state index < -0.39 is 4.92 Å². The average molecular weight is 329 g/mol. The fourth-order valence-corrected chi connectivity index (χ4v) is 2.61. The monoisotopic (exact) mass is 329 g/mol. The lowest BCUT2D eigenvalue weighted by molar-refractivity contribution is -0.386. The molecule has 3 rings (SSSR count). The summed E-state index contributed by atoms with van der Waals surface area (Å²) < 4.78 is 11.2. The Morgan fingerprint density at radius 1 is 1.42 bits per heavy atom. The Balaban J connectivity index is 1.81. The van der Waals surface area contributed by atoms with E-state index in [1.807, 2.05) is 42.2 Å². The summed E-state index contributed by atoms with van der Waals surface area (Å²) >= 11 is 0. The van der Waals surface area contributed by atoms with Gasteiger partial charge in [0, 0.05) is 19.2 Å². The number of anilines is 1. The molecule has 1 fully saturated rings. The molecule has 24 heavy (non-hydrogen) atoms. The number of rotatable bonds is 5.